The smallest absolute Gasteiger partial charge is 0.203 e. The van der Waals surface area contributed by atoms with Crippen molar-refractivity contribution < 1.29 is 23.7 Å². The summed E-state index contributed by atoms with van der Waals surface area (Å²) >= 11 is 0. The zero-order valence-electron chi connectivity index (χ0n) is 18.2. The minimum absolute atomic E-state index is 0. The van der Waals surface area contributed by atoms with Gasteiger partial charge in [-0.3, -0.25) is 0 Å². The Morgan fingerprint density at radius 3 is 2.40 bits per heavy atom. The fourth-order valence-electron chi connectivity index (χ4n) is 2.91. The third kappa shape index (κ3) is 6.69. The van der Waals surface area contributed by atoms with E-state index in [9.17, 15) is 5.11 Å². The predicted octanol–water partition coefficient (Wildman–Crippen LogP) is 2.93. The molecule has 2 rings (SSSR count). The number of guanidine groups is 1. The second-order valence-electron chi connectivity index (χ2n) is 6.62. The number of ether oxygens (including phenoxy) is 3. The third-order valence-corrected chi connectivity index (χ3v) is 4.41. The summed E-state index contributed by atoms with van der Waals surface area (Å²) in [4.78, 5) is 4.48. The van der Waals surface area contributed by atoms with Crippen molar-refractivity contribution in [2.75, 3.05) is 41.0 Å². The van der Waals surface area contributed by atoms with Crippen LogP contribution < -0.4 is 24.8 Å². The highest BCUT2D eigenvalue weighted by molar-refractivity contribution is 14.0. The first-order valence-electron chi connectivity index (χ1n) is 9.53. The SMILES string of the molecule is CCNC(=NCC(C)(O)c1ccco1)NCCc1ccc(OC)c(OC)c1OC.I. The van der Waals surface area contributed by atoms with E-state index in [0.29, 0.717) is 48.5 Å². The summed E-state index contributed by atoms with van der Waals surface area (Å²) in [7, 11) is 4.79. The van der Waals surface area contributed by atoms with Crippen molar-refractivity contribution in [1.29, 1.82) is 0 Å². The maximum absolute atomic E-state index is 10.6. The molecule has 1 aromatic heterocycles. The summed E-state index contributed by atoms with van der Waals surface area (Å²) in [5.41, 5.74) is -0.200. The van der Waals surface area contributed by atoms with Crippen LogP contribution >= 0.6 is 24.0 Å². The molecule has 9 heteroatoms. The van der Waals surface area contributed by atoms with E-state index in [1.165, 1.54) is 6.26 Å². The highest BCUT2D eigenvalue weighted by Gasteiger charge is 2.26. The highest BCUT2D eigenvalue weighted by Crippen LogP contribution is 2.39. The molecule has 3 N–H and O–H groups in total. The van der Waals surface area contributed by atoms with Crippen LogP contribution in [0.25, 0.3) is 0 Å². The van der Waals surface area contributed by atoms with Crippen molar-refractivity contribution in [3.05, 3.63) is 41.9 Å². The van der Waals surface area contributed by atoms with Crippen LogP contribution in [0.4, 0.5) is 0 Å². The number of nitrogens with zero attached hydrogens (tertiary/aromatic N) is 1. The largest absolute Gasteiger partial charge is 0.493 e. The zero-order valence-corrected chi connectivity index (χ0v) is 20.5. The lowest BCUT2D eigenvalue weighted by molar-refractivity contribution is 0.0437. The molecule has 0 aliphatic carbocycles. The molecule has 8 nitrogen and oxygen atoms in total. The molecule has 1 aromatic carbocycles. The number of aliphatic imine (C=N–C) groups is 1. The van der Waals surface area contributed by atoms with E-state index in [1.54, 1.807) is 40.4 Å². The summed E-state index contributed by atoms with van der Waals surface area (Å²) in [6.07, 6.45) is 2.22. The molecule has 1 unspecified atom stereocenters. The number of halogens is 1. The minimum Gasteiger partial charge on any atom is -0.493 e. The number of hydrogen-bond donors (Lipinski definition) is 3. The second-order valence-corrected chi connectivity index (χ2v) is 6.62. The average Bonchev–Trinajstić information content (AvgIpc) is 3.27. The lowest BCUT2D eigenvalue weighted by Gasteiger charge is -2.20. The summed E-state index contributed by atoms with van der Waals surface area (Å²) in [5, 5.41) is 17.0. The molecule has 0 amide bonds. The molecule has 0 fully saturated rings. The van der Waals surface area contributed by atoms with Crippen LogP contribution in [0.1, 0.15) is 25.2 Å². The molecule has 0 aliphatic heterocycles. The lowest BCUT2D eigenvalue weighted by atomic mass is 10.0. The van der Waals surface area contributed by atoms with Crippen LogP contribution in [-0.2, 0) is 12.0 Å². The molecule has 1 heterocycles. The average molecular weight is 533 g/mol. The van der Waals surface area contributed by atoms with E-state index in [-0.39, 0.29) is 30.5 Å². The standard InChI is InChI=1S/C21H31N3O5.HI/c1-6-22-20(24-14-21(2,25)17-8-7-13-29-17)23-12-11-15-9-10-16(26-3)19(28-5)18(15)27-4;/h7-10,13,25H,6,11-12,14H2,1-5H3,(H2,22,23,24);1H. The molecule has 0 saturated heterocycles. The number of benzene rings is 1. The Kier molecular flexibility index (Phi) is 10.8. The number of nitrogens with one attached hydrogen (secondary N) is 2. The number of furan rings is 1. The minimum atomic E-state index is -1.18. The van der Waals surface area contributed by atoms with Gasteiger partial charge in [0.15, 0.2) is 17.5 Å². The Hall–Kier alpha value is -2.14. The zero-order chi connectivity index (χ0) is 21.3. The van der Waals surface area contributed by atoms with Gasteiger partial charge in [0.25, 0.3) is 0 Å². The molecule has 168 valence electrons. The van der Waals surface area contributed by atoms with Crippen LogP contribution in [0, 0.1) is 0 Å². The number of rotatable bonds is 10. The Balaban J connectivity index is 0.00000450. The van der Waals surface area contributed by atoms with Crippen LogP contribution in [0.2, 0.25) is 0 Å². The van der Waals surface area contributed by atoms with Crippen molar-refractivity contribution in [1.82, 2.24) is 10.6 Å². The molecule has 0 bridgehead atoms. The van der Waals surface area contributed by atoms with Crippen molar-refractivity contribution in [3.8, 4) is 17.2 Å². The lowest BCUT2D eigenvalue weighted by Crippen LogP contribution is -2.39. The first-order valence-corrected chi connectivity index (χ1v) is 9.53. The van der Waals surface area contributed by atoms with Crippen molar-refractivity contribution in [2.24, 2.45) is 4.99 Å². The van der Waals surface area contributed by atoms with E-state index >= 15 is 0 Å². The molecule has 0 radical (unpaired) electrons. The summed E-state index contributed by atoms with van der Waals surface area (Å²) < 4.78 is 21.6. The Morgan fingerprint density at radius 1 is 1.10 bits per heavy atom. The first-order chi connectivity index (χ1) is 14.0. The van der Waals surface area contributed by atoms with Gasteiger partial charge >= 0.3 is 0 Å². The molecule has 0 saturated carbocycles. The maximum Gasteiger partial charge on any atom is 0.203 e. The van der Waals surface area contributed by atoms with Gasteiger partial charge in [0.2, 0.25) is 5.75 Å². The first kappa shape index (κ1) is 25.9. The van der Waals surface area contributed by atoms with Gasteiger partial charge in [-0.2, -0.15) is 0 Å². The van der Waals surface area contributed by atoms with Crippen molar-refractivity contribution in [2.45, 2.75) is 25.9 Å². The van der Waals surface area contributed by atoms with Crippen molar-refractivity contribution in [3.63, 3.8) is 0 Å². The van der Waals surface area contributed by atoms with Gasteiger partial charge in [-0.05, 0) is 38.5 Å². The van der Waals surface area contributed by atoms with E-state index in [2.05, 4.69) is 15.6 Å². The van der Waals surface area contributed by atoms with E-state index in [1.807, 2.05) is 19.1 Å². The van der Waals surface area contributed by atoms with Crippen molar-refractivity contribution >= 4 is 29.9 Å². The van der Waals surface area contributed by atoms with Gasteiger partial charge in [-0.15, -0.1) is 24.0 Å². The van der Waals surface area contributed by atoms with Gasteiger partial charge < -0.3 is 34.4 Å². The Labute approximate surface area is 195 Å². The summed E-state index contributed by atoms with van der Waals surface area (Å²) in [5.74, 6) is 2.93. The Morgan fingerprint density at radius 2 is 1.83 bits per heavy atom. The molecule has 2 aromatic rings. The number of methoxy groups -OCH3 is 3. The highest BCUT2D eigenvalue weighted by atomic mass is 127. The predicted molar refractivity (Wildman–Crippen MR) is 127 cm³/mol. The van der Waals surface area contributed by atoms with Crippen LogP contribution in [0.3, 0.4) is 0 Å². The molecule has 0 spiro atoms. The van der Waals surface area contributed by atoms with E-state index in [0.717, 1.165) is 5.56 Å². The quantitative estimate of drug-likeness (QED) is 0.246. The van der Waals surface area contributed by atoms with Gasteiger partial charge in [0.1, 0.15) is 11.4 Å². The summed E-state index contributed by atoms with van der Waals surface area (Å²) in [6, 6.07) is 7.29. The molecule has 1 atom stereocenters. The van der Waals surface area contributed by atoms with Gasteiger partial charge in [-0.25, -0.2) is 4.99 Å². The van der Waals surface area contributed by atoms with Crippen LogP contribution in [-0.4, -0.2) is 52.0 Å². The Bertz CT molecular complexity index is 794. The fraction of sp³-hybridized carbons (Fsp3) is 0.476. The molecule has 0 aliphatic rings. The van der Waals surface area contributed by atoms with Crippen LogP contribution in [0.15, 0.2) is 39.9 Å². The van der Waals surface area contributed by atoms with E-state index in [4.69, 9.17) is 18.6 Å². The van der Waals surface area contributed by atoms with Gasteiger partial charge in [0.05, 0.1) is 34.1 Å². The number of aliphatic hydroxyl groups is 1. The third-order valence-electron chi connectivity index (χ3n) is 4.41. The molecular weight excluding hydrogens is 501 g/mol. The normalized spacial score (nSPS) is 13.1. The maximum atomic E-state index is 10.6. The molecular formula is C21H32IN3O5. The van der Waals surface area contributed by atoms with Gasteiger partial charge in [0, 0.05) is 18.7 Å². The fourth-order valence-corrected chi connectivity index (χ4v) is 2.91. The monoisotopic (exact) mass is 533 g/mol. The van der Waals surface area contributed by atoms with Gasteiger partial charge in [-0.1, -0.05) is 6.07 Å². The number of hydrogen-bond acceptors (Lipinski definition) is 6. The topological polar surface area (TPSA) is 97.5 Å². The molecule has 30 heavy (non-hydrogen) atoms. The van der Waals surface area contributed by atoms with E-state index < -0.39 is 5.60 Å². The van der Waals surface area contributed by atoms with Crippen LogP contribution in [0.5, 0.6) is 17.2 Å². The second kappa shape index (κ2) is 12.5. The summed E-state index contributed by atoms with van der Waals surface area (Å²) in [6.45, 7) is 5.14.